The topological polar surface area (TPSA) is 160 Å². The first-order chi connectivity index (χ1) is 24.2. The lowest BCUT2D eigenvalue weighted by Gasteiger charge is -2.31. The number of rotatable bonds is 7. The molecular formula is C37H46N6O6S2. The lowest BCUT2D eigenvalue weighted by Crippen LogP contribution is -2.58. The summed E-state index contributed by atoms with van der Waals surface area (Å²) in [6.45, 7) is 12.2. The summed E-state index contributed by atoms with van der Waals surface area (Å²) < 4.78 is 34.1. The number of benzene rings is 1. The fraction of sp³-hybridized carbons (Fsp3) is 0.541. The number of carbonyl (C=O) groups excluding carboxylic acids is 3. The van der Waals surface area contributed by atoms with Gasteiger partial charge in [-0.2, -0.15) is 0 Å². The van der Waals surface area contributed by atoms with Crippen LogP contribution in [0.4, 0.5) is 5.13 Å². The van der Waals surface area contributed by atoms with Crippen LogP contribution in [0.25, 0.3) is 10.8 Å². The maximum Gasteiger partial charge on any atom is 0.259 e. The van der Waals surface area contributed by atoms with E-state index in [9.17, 15) is 22.8 Å². The van der Waals surface area contributed by atoms with E-state index in [4.69, 9.17) is 9.72 Å². The van der Waals surface area contributed by atoms with Gasteiger partial charge in [-0.15, -0.1) is 17.9 Å². The number of thiazole rings is 1. The number of carbonyl (C=O) groups is 3. The van der Waals surface area contributed by atoms with Gasteiger partial charge in [0.1, 0.15) is 23.7 Å². The monoisotopic (exact) mass is 734 g/mol. The van der Waals surface area contributed by atoms with Crippen molar-refractivity contribution in [1.82, 2.24) is 24.9 Å². The summed E-state index contributed by atoms with van der Waals surface area (Å²) in [5.41, 5.74) is 0.445. The molecule has 272 valence electrons. The number of anilines is 1. The molecule has 3 fully saturated rings. The number of ether oxygens (including phenoxy) is 1. The minimum Gasteiger partial charge on any atom is -0.472 e. The minimum absolute atomic E-state index is 0.107. The Balaban J connectivity index is 1.23. The predicted octanol–water partition coefficient (Wildman–Crippen LogP) is 4.46. The molecule has 0 spiro atoms. The Kier molecular flexibility index (Phi) is 9.14. The van der Waals surface area contributed by atoms with E-state index in [0.29, 0.717) is 23.9 Å². The van der Waals surface area contributed by atoms with Crippen molar-refractivity contribution in [1.29, 1.82) is 0 Å². The third kappa shape index (κ3) is 6.96. The van der Waals surface area contributed by atoms with Crippen LogP contribution in [-0.4, -0.2) is 76.5 Å². The molecule has 3 N–H and O–H groups in total. The van der Waals surface area contributed by atoms with Gasteiger partial charge >= 0.3 is 0 Å². The van der Waals surface area contributed by atoms with E-state index in [1.165, 1.54) is 16.2 Å². The van der Waals surface area contributed by atoms with Crippen LogP contribution in [-0.2, 0) is 36.2 Å². The van der Waals surface area contributed by atoms with Gasteiger partial charge in [-0.25, -0.2) is 18.4 Å². The molecule has 2 saturated carbocycles. The maximum atomic E-state index is 14.5. The Labute approximate surface area is 302 Å². The Morgan fingerprint density at radius 1 is 1.22 bits per heavy atom. The average Bonchev–Trinajstić information content (AvgIpc) is 3.97. The number of nitrogens with one attached hydrogen (secondary N) is 3. The van der Waals surface area contributed by atoms with E-state index >= 15 is 0 Å². The number of hydrogen-bond acceptors (Lipinski definition) is 10. The number of fused-ring (bicyclic) bond motifs is 5. The number of pyridine rings is 1. The molecule has 51 heavy (non-hydrogen) atoms. The zero-order valence-electron chi connectivity index (χ0n) is 29.5. The lowest BCUT2D eigenvalue weighted by atomic mass is 9.84. The smallest absolute Gasteiger partial charge is 0.259 e. The molecule has 0 radical (unpaired) electrons. The first-order valence-electron chi connectivity index (χ1n) is 17.8. The van der Waals surface area contributed by atoms with E-state index in [1.807, 2.05) is 25.3 Å². The fourth-order valence-electron chi connectivity index (χ4n) is 7.33. The molecule has 3 unspecified atom stereocenters. The highest BCUT2D eigenvalue weighted by molar-refractivity contribution is 7.91. The van der Waals surface area contributed by atoms with Gasteiger partial charge in [-0.1, -0.05) is 45.9 Å². The van der Waals surface area contributed by atoms with Gasteiger partial charge in [-0.05, 0) is 67.5 Å². The van der Waals surface area contributed by atoms with Crippen LogP contribution in [0.3, 0.4) is 0 Å². The Bertz CT molecular complexity index is 1990. The number of aryl methyl sites for hydroxylation is 1. The molecule has 5 atom stereocenters. The van der Waals surface area contributed by atoms with E-state index in [2.05, 4.69) is 59.0 Å². The van der Waals surface area contributed by atoms with E-state index in [-0.39, 0.29) is 36.6 Å². The quantitative estimate of drug-likeness (QED) is 0.298. The standard InChI is InChI=1S/C37H46N6O6S2/c1-6-24-18-37(24,34(46)42-51(47,48)26-11-12-26)41-31(44)28-17-25-19-43(28)33(45)30(21(2)3)40-35-39-29(20-50-35)36(4,5)14-7-8-22-9-10-23-13-15-38-32(49-25)27(23)16-22/h6,9-10,13,15-16,20-21,24-26,28,30H,1,7-8,11-12,14,17-19H2,2-5H3,(H,39,40)(H,41,44)(H,42,46)/t24-,25?,28?,30?,37-/m1/s1. The summed E-state index contributed by atoms with van der Waals surface area (Å²) >= 11 is 1.45. The third-order valence-electron chi connectivity index (χ3n) is 10.8. The van der Waals surface area contributed by atoms with Gasteiger partial charge in [0.05, 0.1) is 17.5 Å². The summed E-state index contributed by atoms with van der Waals surface area (Å²) in [4.78, 5) is 53.3. The van der Waals surface area contributed by atoms with Gasteiger partial charge in [0, 0.05) is 34.7 Å². The second-order valence-corrected chi connectivity index (χ2v) is 18.3. The van der Waals surface area contributed by atoms with Gasteiger partial charge in [-0.3, -0.25) is 19.1 Å². The van der Waals surface area contributed by atoms with Crippen LogP contribution in [0.1, 0.15) is 77.5 Å². The van der Waals surface area contributed by atoms with Crippen LogP contribution < -0.4 is 20.1 Å². The average molecular weight is 735 g/mol. The second-order valence-electron chi connectivity index (χ2n) is 15.5. The van der Waals surface area contributed by atoms with Crippen molar-refractivity contribution in [2.75, 3.05) is 11.9 Å². The highest BCUT2D eigenvalue weighted by Crippen LogP contribution is 2.45. The van der Waals surface area contributed by atoms with Crippen LogP contribution in [0, 0.1) is 11.8 Å². The molecule has 4 heterocycles. The van der Waals surface area contributed by atoms with Crippen LogP contribution in [0.2, 0.25) is 0 Å². The molecule has 2 aromatic heterocycles. The Morgan fingerprint density at radius 3 is 2.71 bits per heavy atom. The van der Waals surface area contributed by atoms with Crippen molar-refractivity contribution in [3.8, 4) is 5.88 Å². The Hall–Kier alpha value is -4.04. The van der Waals surface area contributed by atoms with Gasteiger partial charge in [0.25, 0.3) is 5.91 Å². The van der Waals surface area contributed by atoms with Crippen molar-refractivity contribution in [2.45, 2.75) is 107 Å². The van der Waals surface area contributed by atoms with Crippen molar-refractivity contribution in [2.24, 2.45) is 11.8 Å². The van der Waals surface area contributed by atoms with Crippen molar-refractivity contribution in [3.05, 3.63) is 59.8 Å². The SMILES string of the molecule is C=C[C@@H]1C[C@]1(NC(=O)C1CC2CN1C(=O)C(C(C)C)Nc1nc(cs1)C(C)(C)CCCc1ccc3ccnc(c3c1)O2)C(=O)NS(=O)(=O)C1CC1. The van der Waals surface area contributed by atoms with Crippen LogP contribution in [0.5, 0.6) is 5.88 Å². The maximum absolute atomic E-state index is 14.5. The first kappa shape index (κ1) is 35.4. The largest absolute Gasteiger partial charge is 0.472 e. The molecule has 4 aliphatic rings. The Morgan fingerprint density at radius 2 is 2.00 bits per heavy atom. The summed E-state index contributed by atoms with van der Waals surface area (Å²) in [5, 5.41) is 10.1. The highest BCUT2D eigenvalue weighted by atomic mass is 32.2. The summed E-state index contributed by atoms with van der Waals surface area (Å²) in [6.07, 6.45) is 6.73. The van der Waals surface area contributed by atoms with Crippen LogP contribution >= 0.6 is 11.3 Å². The second kappa shape index (κ2) is 13.2. The van der Waals surface area contributed by atoms with Gasteiger partial charge in [0.15, 0.2) is 5.13 Å². The summed E-state index contributed by atoms with van der Waals surface area (Å²) in [6, 6.07) is 6.52. The molecular weight excluding hydrogens is 689 g/mol. The van der Waals surface area contributed by atoms with Gasteiger partial charge < -0.3 is 20.3 Å². The molecule has 6 bridgehead atoms. The zero-order valence-corrected chi connectivity index (χ0v) is 31.1. The number of aromatic nitrogens is 2. The van der Waals surface area contributed by atoms with E-state index in [0.717, 1.165) is 41.3 Å². The molecule has 3 amide bonds. The van der Waals surface area contributed by atoms with Crippen LogP contribution in [0.15, 0.2) is 48.5 Å². The fourth-order valence-corrected chi connectivity index (χ4v) is 9.63. The summed E-state index contributed by atoms with van der Waals surface area (Å²) in [5.74, 6) is -1.84. The predicted molar refractivity (Wildman–Crippen MR) is 196 cm³/mol. The lowest BCUT2D eigenvalue weighted by molar-refractivity contribution is -0.140. The molecule has 7 rings (SSSR count). The number of nitrogens with zero attached hydrogens (tertiary/aromatic N) is 3. The minimum atomic E-state index is -3.85. The highest BCUT2D eigenvalue weighted by Gasteiger charge is 2.62. The number of sulfonamides is 1. The van der Waals surface area contributed by atoms with Crippen molar-refractivity contribution >= 4 is 55.0 Å². The molecule has 3 aromatic rings. The number of amides is 3. The van der Waals surface area contributed by atoms with Gasteiger partial charge in [0.2, 0.25) is 27.7 Å². The zero-order chi connectivity index (χ0) is 36.3. The van der Waals surface area contributed by atoms with Crippen molar-refractivity contribution < 1.29 is 27.5 Å². The summed E-state index contributed by atoms with van der Waals surface area (Å²) in [7, 11) is -3.85. The molecule has 1 saturated heterocycles. The van der Waals surface area contributed by atoms with E-state index < -0.39 is 56.7 Å². The van der Waals surface area contributed by atoms with E-state index in [1.54, 1.807) is 12.3 Å². The molecule has 14 heteroatoms. The molecule has 2 aliphatic heterocycles. The van der Waals surface area contributed by atoms with Crippen molar-refractivity contribution in [3.63, 3.8) is 0 Å². The number of hydrogen-bond donors (Lipinski definition) is 3. The molecule has 2 aliphatic carbocycles. The third-order valence-corrected chi connectivity index (χ3v) is 13.4. The first-order valence-corrected chi connectivity index (χ1v) is 20.2. The molecule has 12 nitrogen and oxygen atoms in total. The molecule has 1 aromatic carbocycles. The normalized spacial score (nSPS) is 27.6.